The number of nitrogens with zero attached hydrogens (tertiary/aromatic N) is 1. The molecule has 1 unspecified atom stereocenters. The van der Waals surface area contributed by atoms with Crippen LogP contribution in [0.25, 0.3) is 0 Å². The molecule has 3 N–H and O–H groups in total. The second kappa shape index (κ2) is 8.57. The average Bonchev–Trinajstić information content (AvgIpc) is 2.74. The van der Waals surface area contributed by atoms with Crippen molar-refractivity contribution in [3.8, 4) is 0 Å². The van der Waals surface area contributed by atoms with Crippen molar-refractivity contribution in [1.29, 1.82) is 0 Å². The van der Waals surface area contributed by atoms with Crippen molar-refractivity contribution >= 4 is 17.4 Å². The van der Waals surface area contributed by atoms with Gasteiger partial charge in [0, 0.05) is 24.3 Å². The quantitative estimate of drug-likeness (QED) is 0.712. The molecule has 1 aliphatic heterocycles. The van der Waals surface area contributed by atoms with Gasteiger partial charge in [0.25, 0.3) is 0 Å². The zero-order chi connectivity index (χ0) is 20.1. The number of anilines is 1. The summed E-state index contributed by atoms with van der Waals surface area (Å²) >= 11 is 0. The fraction of sp³-hybridized carbons (Fsp3) is 0.391. The molecule has 1 saturated heterocycles. The summed E-state index contributed by atoms with van der Waals surface area (Å²) in [7, 11) is 0. The highest BCUT2D eigenvalue weighted by atomic mass is 16.4. The summed E-state index contributed by atoms with van der Waals surface area (Å²) in [4.78, 5) is 26.5. The highest BCUT2D eigenvalue weighted by Gasteiger charge is 2.33. The van der Waals surface area contributed by atoms with Gasteiger partial charge in [-0.15, -0.1) is 0 Å². The predicted molar refractivity (Wildman–Crippen MR) is 111 cm³/mol. The SMILES string of the molecule is CCC(N)(Cc1ccc(C(=O)O)cc1)C(=O)c1ccc(N2CCCCC2)cc1. The van der Waals surface area contributed by atoms with Gasteiger partial charge in [-0.25, -0.2) is 4.79 Å². The lowest BCUT2D eigenvalue weighted by molar-refractivity contribution is 0.0696. The van der Waals surface area contributed by atoms with E-state index < -0.39 is 11.5 Å². The summed E-state index contributed by atoms with van der Waals surface area (Å²) in [6.07, 6.45) is 4.58. The van der Waals surface area contributed by atoms with E-state index in [4.69, 9.17) is 10.8 Å². The summed E-state index contributed by atoms with van der Waals surface area (Å²) in [5.41, 5.74) is 8.34. The summed E-state index contributed by atoms with van der Waals surface area (Å²) in [6.45, 7) is 4.04. The number of nitrogens with two attached hydrogens (primary N) is 1. The van der Waals surface area contributed by atoms with Gasteiger partial charge >= 0.3 is 5.97 Å². The van der Waals surface area contributed by atoms with Gasteiger partial charge in [0.05, 0.1) is 11.1 Å². The molecule has 28 heavy (non-hydrogen) atoms. The van der Waals surface area contributed by atoms with E-state index in [2.05, 4.69) is 4.90 Å². The zero-order valence-electron chi connectivity index (χ0n) is 16.4. The van der Waals surface area contributed by atoms with E-state index in [-0.39, 0.29) is 11.3 Å². The van der Waals surface area contributed by atoms with E-state index in [1.54, 1.807) is 24.3 Å². The van der Waals surface area contributed by atoms with Gasteiger partial charge in [0.2, 0.25) is 0 Å². The molecule has 0 radical (unpaired) electrons. The molecule has 2 aromatic rings. The van der Waals surface area contributed by atoms with Crippen molar-refractivity contribution in [3.05, 3.63) is 65.2 Å². The van der Waals surface area contributed by atoms with Crippen molar-refractivity contribution in [2.45, 2.75) is 44.6 Å². The normalized spacial score (nSPS) is 16.4. The third-order valence-electron chi connectivity index (χ3n) is 5.65. The highest BCUT2D eigenvalue weighted by molar-refractivity contribution is 6.03. The number of carboxylic acid groups (broad SMARTS) is 1. The van der Waals surface area contributed by atoms with Crippen LogP contribution in [-0.2, 0) is 6.42 Å². The van der Waals surface area contributed by atoms with Crippen LogP contribution in [0.4, 0.5) is 5.69 Å². The number of carbonyl (C=O) groups excluding carboxylic acids is 1. The molecular formula is C23H28N2O3. The first-order valence-electron chi connectivity index (χ1n) is 9.94. The molecule has 1 heterocycles. The Kier molecular flexibility index (Phi) is 6.15. The Hall–Kier alpha value is -2.66. The molecule has 0 saturated carbocycles. The number of hydrogen-bond acceptors (Lipinski definition) is 4. The Labute approximate surface area is 166 Å². The monoisotopic (exact) mass is 380 g/mol. The van der Waals surface area contributed by atoms with Crippen LogP contribution in [0.15, 0.2) is 48.5 Å². The van der Waals surface area contributed by atoms with Crippen LogP contribution < -0.4 is 10.6 Å². The van der Waals surface area contributed by atoms with Crippen LogP contribution in [0.1, 0.15) is 58.9 Å². The summed E-state index contributed by atoms with van der Waals surface area (Å²) < 4.78 is 0. The Balaban J connectivity index is 1.74. The highest BCUT2D eigenvalue weighted by Crippen LogP contribution is 2.24. The number of aromatic carboxylic acids is 1. The van der Waals surface area contributed by atoms with Crippen LogP contribution in [-0.4, -0.2) is 35.5 Å². The number of piperidine rings is 1. The minimum absolute atomic E-state index is 0.0810. The van der Waals surface area contributed by atoms with Gasteiger partial charge in [-0.1, -0.05) is 19.1 Å². The number of carboxylic acids is 1. The topological polar surface area (TPSA) is 83.6 Å². The standard InChI is InChI=1S/C23H28N2O3/c1-2-23(24,16-17-6-8-19(9-7-17)22(27)28)21(26)18-10-12-20(13-11-18)25-14-4-3-5-15-25/h6-13H,2-5,14-16,24H2,1H3,(H,27,28). The second-order valence-corrected chi connectivity index (χ2v) is 7.61. The van der Waals surface area contributed by atoms with Crippen molar-refractivity contribution in [3.63, 3.8) is 0 Å². The third kappa shape index (κ3) is 4.42. The number of ketones is 1. The van der Waals surface area contributed by atoms with Gasteiger partial charge in [-0.05, 0) is 74.1 Å². The van der Waals surface area contributed by atoms with Crippen LogP contribution >= 0.6 is 0 Å². The molecule has 1 aliphatic rings. The first-order chi connectivity index (χ1) is 13.4. The molecule has 0 aliphatic carbocycles. The summed E-state index contributed by atoms with van der Waals surface area (Å²) in [5.74, 6) is -1.05. The van der Waals surface area contributed by atoms with Crippen LogP contribution in [0.3, 0.4) is 0 Å². The Morgan fingerprint density at radius 1 is 0.964 bits per heavy atom. The van der Waals surface area contributed by atoms with Gasteiger partial charge in [0.1, 0.15) is 0 Å². The molecule has 2 aromatic carbocycles. The number of Topliss-reactive ketones (excluding diaryl/α,β-unsaturated/α-hetero) is 1. The lowest BCUT2D eigenvalue weighted by Gasteiger charge is -2.30. The molecule has 0 spiro atoms. The number of rotatable bonds is 7. The molecule has 0 aromatic heterocycles. The Morgan fingerprint density at radius 2 is 1.54 bits per heavy atom. The number of benzene rings is 2. The fourth-order valence-electron chi connectivity index (χ4n) is 3.76. The first kappa shape index (κ1) is 20.1. The van der Waals surface area contributed by atoms with E-state index in [0.29, 0.717) is 18.4 Å². The van der Waals surface area contributed by atoms with E-state index in [1.165, 1.54) is 19.3 Å². The molecule has 1 atom stereocenters. The summed E-state index contributed by atoms with van der Waals surface area (Å²) in [5, 5.41) is 9.03. The lowest BCUT2D eigenvalue weighted by Crippen LogP contribution is -2.49. The molecule has 5 nitrogen and oxygen atoms in total. The molecule has 5 heteroatoms. The third-order valence-corrected chi connectivity index (χ3v) is 5.65. The van der Waals surface area contributed by atoms with Crippen molar-refractivity contribution < 1.29 is 14.7 Å². The minimum atomic E-state index is -1.02. The van der Waals surface area contributed by atoms with Crippen molar-refractivity contribution in [2.24, 2.45) is 5.73 Å². The second-order valence-electron chi connectivity index (χ2n) is 7.61. The van der Waals surface area contributed by atoms with Gasteiger partial charge in [-0.2, -0.15) is 0 Å². The van der Waals surface area contributed by atoms with Crippen LogP contribution in [0.2, 0.25) is 0 Å². The molecule has 148 valence electrons. The largest absolute Gasteiger partial charge is 0.478 e. The molecular weight excluding hydrogens is 352 g/mol. The van der Waals surface area contributed by atoms with Gasteiger partial charge < -0.3 is 15.7 Å². The summed E-state index contributed by atoms with van der Waals surface area (Å²) in [6, 6.07) is 14.3. The van der Waals surface area contributed by atoms with E-state index in [0.717, 1.165) is 24.3 Å². The Morgan fingerprint density at radius 3 is 2.07 bits per heavy atom. The van der Waals surface area contributed by atoms with Crippen molar-refractivity contribution in [1.82, 2.24) is 0 Å². The molecule has 0 amide bonds. The number of carbonyl (C=O) groups is 2. The van der Waals surface area contributed by atoms with Crippen LogP contribution in [0.5, 0.6) is 0 Å². The molecule has 3 rings (SSSR count). The maximum Gasteiger partial charge on any atom is 0.335 e. The Bertz CT molecular complexity index is 824. The van der Waals surface area contributed by atoms with E-state index in [9.17, 15) is 9.59 Å². The lowest BCUT2D eigenvalue weighted by atomic mass is 9.82. The molecule has 0 bridgehead atoms. The maximum absolute atomic E-state index is 13.1. The average molecular weight is 380 g/mol. The smallest absolute Gasteiger partial charge is 0.335 e. The fourth-order valence-corrected chi connectivity index (χ4v) is 3.76. The van der Waals surface area contributed by atoms with Gasteiger partial charge in [0.15, 0.2) is 5.78 Å². The molecule has 1 fully saturated rings. The van der Waals surface area contributed by atoms with E-state index >= 15 is 0 Å². The van der Waals surface area contributed by atoms with E-state index in [1.807, 2.05) is 31.2 Å². The first-order valence-corrected chi connectivity index (χ1v) is 9.94. The minimum Gasteiger partial charge on any atom is -0.478 e. The van der Waals surface area contributed by atoms with Gasteiger partial charge in [-0.3, -0.25) is 4.79 Å². The predicted octanol–water partition coefficient (Wildman–Crippen LogP) is 3.91. The van der Waals surface area contributed by atoms with Crippen LogP contribution in [0, 0.1) is 0 Å². The maximum atomic E-state index is 13.1. The van der Waals surface area contributed by atoms with Crippen molar-refractivity contribution in [2.75, 3.05) is 18.0 Å². The number of hydrogen-bond donors (Lipinski definition) is 2. The zero-order valence-corrected chi connectivity index (χ0v) is 16.4.